The van der Waals surface area contributed by atoms with Crippen LogP contribution in [-0.2, 0) is 14.8 Å². The molecule has 1 aliphatic rings. The summed E-state index contributed by atoms with van der Waals surface area (Å²) in [6.07, 6.45) is 1.91. The van der Waals surface area contributed by atoms with E-state index < -0.39 is 27.8 Å². The van der Waals surface area contributed by atoms with Gasteiger partial charge in [-0.05, 0) is 49.9 Å². The Hall–Kier alpha value is -1.93. The van der Waals surface area contributed by atoms with Crippen LogP contribution in [0, 0.1) is 5.92 Å². The van der Waals surface area contributed by atoms with Crippen LogP contribution in [0.15, 0.2) is 29.2 Å². The Morgan fingerprint density at radius 1 is 1.09 bits per heavy atom. The van der Waals surface area contributed by atoms with Gasteiger partial charge in [-0.25, -0.2) is 13.1 Å². The van der Waals surface area contributed by atoms with Gasteiger partial charge >= 0.3 is 5.97 Å². The highest BCUT2D eigenvalue weighted by molar-refractivity contribution is 7.89. The van der Waals surface area contributed by atoms with Crippen molar-refractivity contribution in [3.05, 3.63) is 29.8 Å². The largest absolute Gasteiger partial charge is 0.481 e. The molecule has 8 heteroatoms. The fraction of sp³-hybridized carbons (Fsp3) is 0.429. The predicted octanol–water partition coefficient (Wildman–Crippen LogP) is 0.707. The van der Waals surface area contributed by atoms with Crippen molar-refractivity contribution in [1.82, 2.24) is 4.72 Å². The molecule has 0 radical (unpaired) electrons. The van der Waals surface area contributed by atoms with Crippen LogP contribution in [0.1, 0.15) is 36.0 Å². The number of nitrogens with two attached hydrogens (primary N) is 1. The van der Waals surface area contributed by atoms with E-state index >= 15 is 0 Å². The van der Waals surface area contributed by atoms with E-state index in [2.05, 4.69) is 4.72 Å². The van der Waals surface area contributed by atoms with Crippen molar-refractivity contribution >= 4 is 21.9 Å². The molecule has 0 saturated heterocycles. The molecular weight excluding hydrogens is 308 g/mol. The molecule has 1 amide bonds. The minimum Gasteiger partial charge on any atom is -0.481 e. The summed E-state index contributed by atoms with van der Waals surface area (Å²) in [6.45, 7) is 0. The van der Waals surface area contributed by atoms with Crippen LogP contribution >= 0.6 is 0 Å². The molecule has 1 aromatic carbocycles. The van der Waals surface area contributed by atoms with Crippen LogP contribution in [0.5, 0.6) is 0 Å². The highest BCUT2D eigenvalue weighted by Gasteiger charge is 2.28. The van der Waals surface area contributed by atoms with Crippen molar-refractivity contribution in [2.24, 2.45) is 11.7 Å². The van der Waals surface area contributed by atoms with Crippen LogP contribution in [0.2, 0.25) is 0 Å². The van der Waals surface area contributed by atoms with E-state index in [1.54, 1.807) is 0 Å². The first-order chi connectivity index (χ1) is 10.3. The Balaban J connectivity index is 2.02. The summed E-state index contributed by atoms with van der Waals surface area (Å²) in [6, 6.07) is 5.10. The zero-order valence-electron chi connectivity index (χ0n) is 11.9. The molecule has 4 N–H and O–H groups in total. The van der Waals surface area contributed by atoms with Gasteiger partial charge in [0.25, 0.3) is 0 Å². The zero-order chi connectivity index (χ0) is 16.3. The quantitative estimate of drug-likeness (QED) is 0.734. The maximum Gasteiger partial charge on any atom is 0.306 e. The highest BCUT2D eigenvalue weighted by Crippen LogP contribution is 2.25. The number of amides is 1. The molecule has 0 heterocycles. The van der Waals surface area contributed by atoms with Crippen molar-refractivity contribution in [2.45, 2.75) is 36.6 Å². The summed E-state index contributed by atoms with van der Waals surface area (Å²) < 4.78 is 27.1. The summed E-state index contributed by atoms with van der Waals surface area (Å²) in [5, 5.41) is 8.93. The molecule has 0 unspecified atom stereocenters. The summed E-state index contributed by atoms with van der Waals surface area (Å²) in [5.41, 5.74) is 5.34. The Morgan fingerprint density at radius 2 is 1.64 bits per heavy atom. The lowest BCUT2D eigenvalue weighted by molar-refractivity contribution is -0.142. The number of aliphatic carboxylic acids is 1. The van der Waals surface area contributed by atoms with Crippen LogP contribution in [0.3, 0.4) is 0 Å². The molecule has 1 aromatic rings. The molecule has 0 bridgehead atoms. The van der Waals surface area contributed by atoms with E-state index in [9.17, 15) is 18.0 Å². The topological polar surface area (TPSA) is 127 Å². The number of nitrogens with one attached hydrogen (secondary N) is 1. The second-order valence-electron chi connectivity index (χ2n) is 5.40. The van der Waals surface area contributed by atoms with E-state index in [-0.39, 0.29) is 16.5 Å². The lowest BCUT2D eigenvalue weighted by Crippen LogP contribution is -2.38. The highest BCUT2D eigenvalue weighted by atomic mass is 32.2. The third-order valence-electron chi connectivity index (χ3n) is 3.85. The Kier molecular flexibility index (Phi) is 4.82. The first-order valence-electron chi connectivity index (χ1n) is 6.94. The van der Waals surface area contributed by atoms with Gasteiger partial charge in [-0.1, -0.05) is 0 Å². The number of carbonyl (C=O) groups is 2. The average molecular weight is 326 g/mol. The van der Waals surface area contributed by atoms with Crippen LogP contribution in [-0.4, -0.2) is 31.4 Å². The first kappa shape index (κ1) is 16.4. The van der Waals surface area contributed by atoms with Crippen LogP contribution in [0.25, 0.3) is 0 Å². The van der Waals surface area contributed by atoms with E-state index in [0.29, 0.717) is 25.7 Å². The Morgan fingerprint density at radius 3 is 2.09 bits per heavy atom. The summed E-state index contributed by atoms with van der Waals surface area (Å²) in [7, 11) is -3.69. The van der Waals surface area contributed by atoms with Gasteiger partial charge in [-0.2, -0.15) is 0 Å². The monoisotopic (exact) mass is 326 g/mol. The number of benzene rings is 1. The molecule has 0 aliphatic heterocycles. The summed E-state index contributed by atoms with van der Waals surface area (Å²) in [4.78, 5) is 21.9. The number of rotatable bonds is 5. The molecule has 0 spiro atoms. The fourth-order valence-electron chi connectivity index (χ4n) is 2.54. The van der Waals surface area contributed by atoms with Crippen molar-refractivity contribution in [1.29, 1.82) is 0 Å². The van der Waals surface area contributed by atoms with Gasteiger partial charge in [0.2, 0.25) is 15.9 Å². The minimum absolute atomic E-state index is 0.0536. The van der Waals surface area contributed by atoms with Gasteiger partial charge < -0.3 is 10.8 Å². The van der Waals surface area contributed by atoms with Crippen molar-refractivity contribution in [3.63, 3.8) is 0 Å². The molecule has 2 rings (SSSR count). The number of carboxylic acids is 1. The van der Waals surface area contributed by atoms with Gasteiger partial charge in [-0.15, -0.1) is 0 Å². The van der Waals surface area contributed by atoms with Crippen LogP contribution < -0.4 is 10.5 Å². The van der Waals surface area contributed by atoms with E-state index in [1.807, 2.05) is 0 Å². The molecule has 7 nitrogen and oxygen atoms in total. The molecule has 22 heavy (non-hydrogen) atoms. The lowest BCUT2D eigenvalue weighted by Gasteiger charge is -2.26. The predicted molar refractivity (Wildman–Crippen MR) is 78.7 cm³/mol. The number of carbonyl (C=O) groups excluding carboxylic acids is 1. The maximum atomic E-state index is 12.3. The third kappa shape index (κ3) is 3.83. The average Bonchev–Trinajstić information content (AvgIpc) is 2.47. The fourth-order valence-corrected chi connectivity index (χ4v) is 3.85. The molecule has 1 fully saturated rings. The molecule has 0 atom stereocenters. The van der Waals surface area contributed by atoms with E-state index in [0.717, 1.165) is 0 Å². The third-order valence-corrected chi connectivity index (χ3v) is 5.38. The lowest BCUT2D eigenvalue weighted by atomic mass is 9.87. The molecular formula is C14H18N2O5S. The number of carboxylic acid groups (broad SMARTS) is 1. The number of primary amides is 1. The standard InChI is InChI=1S/C14H18N2O5S/c15-13(17)9-3-7-12(8-4-9)22(20,21)16-11-5-1-10(2-6-11)14(18)19/h3-4,7-8,10-11,16H,1-2,5-6H2,(H2,15,17)(H,18,19). The number of hydrogen-bond donors (Lipinski definition) is 3. The molecule has 0 aromatic heterocycles. The van der Waals surface area contributed by atoms with Gasteiger partial charge in [-0.3, -0.25) is 9.59 Å². The Bertz CT molecular complexity index is 661. The van der Waals surface area contributed by atoms with Crippen molar-refractivity contribution in [3.8, 4) is 0 Å². The van der Waals surface area contributed by atoms with E-state index in [1.165, 1.54) is 24.3 Å². The SMILES string of the molecule is NC(=O)c1ccc(S(=O)(=O)NC2CCC(C(=O)O)CC2)cc1. The minimum atomic E-state index is -3.69. The number of hydrogen-bond acceptors (Lipinski definition) is 4. The maximum absolute atomic E-state index is 12.3. The zero-order valence-corrected chi connectivity index (χ0v) is 12.7. The summed E-state index contributed by atoms with van der Waals surface area (Å²) in [5.74, 6) is -1.84. The second-order valence-corrected chi connectivity index (χ2v) is 7.11. The Labute approximate surface area is 128 Å². The van der Waals surface area contributed by atoms with Crippen LogP contribution in [0.4, 0.5) is 0 Å². The van der Waals surface area contributed by atoms with Gasteiger partial charge in [0.05, 0.1) is 10.8 Å². The summed E-state index contributed by atoms with van der Waals surface area (Å²) >= 11 is 0. The first-order valence-corrected chi connectivity index (χ1v) is 8.43. The van der Waals surface area contributed by atoms with Gasteiger partial charge in [0.15, 0.2) is 0 Å². The smallest absolute Gasteiger partial charge is 0.306 e. The second kappa shape index (κ2) is 6.45. The van der Waals surface area contributed by atoms with Crippen molar-refractivity contribution < 1.29 is 23.1 Å². The van der Waals surface area contributed by atoms with Gasteiger partial charge in [0, 0.05) is 11.6 Å². The number of sulfonamides is 1. The van der Waals surface area contributed by atoms with Gasteiger partial charge in [0.1, 0.15) is 0 Å². The normalized spacial score (nSPS) is 22.2. The molecule has 1 saturated carbocycles. The van der Waals surface area contributed by atoms with E-state index in [4.69, 9.17) is 10.8 Å². The molecule has 1 aliphatic carbocycles. The van der Waals surface area contributed by atoms with Crippen molar-refractivity contribution in [2.75, 3.05) is 0 Å². The molecule has 120 valence electrons.